The third kappa shape index (κ3) is 3.68. The van der Waals surface area contributed by atoms with Gasteiger partial charge in [-0.25, -0.2) is 0 Å². The van der Waals surface area contributed by atoms with Gasteiger partial charge in [-0.15, -0.1) is 10.2 Å². The van der Waals surface area contributed by atoms with Crippen molar-refractivity contribution >= 4 is 5.91 Å². The van der Waals surface area contributed by atoms with Crippen LogP contribution in [0.4, 0.5) is 0 Å². The molecule has 0 spiro atoms. The number of carbonyl (C=O) groups is 1. The topological polar surface area (TPSA) is 104 Å². The number of rotatable bonds is 5. The Bertz CT molecular complexity index is 632. The van der Waals surface area contributed by atoms with Gasteiger partial charge in [0.15, 0.2) is 5.76 Å². The van der Waals surface area contributed by atoms with Gasteiger partial charge in [0.2, 0.25) is 11.7 Å². The number of aryl methyl sites for hydroxylation is 1. The Morgan fingerprint density at radius 3 is 3.09 bits per heavy atom. The Morgan fingerprint density at radius 1 is 1.45 bits per heavy atom. The summed E-state index contributed by atoms with van der Waals surface area (Å²) in [6.07, 6.45) is -0.108. The highest BCUT2D eigenvalue weighted by molar-refractivity contribution is 5.75. The smallest absolute Gasteiger partial charge is 0.243 e. The molecule has 1 aliphatic heterocycles. The van der Waals surface area contributed by atoms with E-state index in [4.69, 9.17) is 13.9 Å². The minimum Gasteiger partial charge on any atom is -0.458 e. The van der Waals surface area contributed by atoms with Crippen molar-refractivity contribution in [1.29, 1.82) is 0 Å². The molecule has 0 saturated carbocycles. The van der Waals surface area contributed by atoms with Gasteiger partial charge in [-0.1, -0.05) is 0 Å². The highest BCUT2D eigenvalue weighted by Crippen LogP contribution is 2.16. The fourth-order valence-corrected chi connectivity index (χ4v) is 2.03. The van der Waals surface area contributed by atoms with Gasteiger partial charge in [0.25, 0.3) is 0 Å². The number of nitrogens with one attached hydrogen (secondary N) is 1. The van der Waals surface area contributed by atoms with E-state index < -0.39 is 0 Å². The zero-order valence-electron chi connectivity index (χ0n) is 12.2. The molecule has 1 aliphatic rings. The highest BCUT2D eigenvalue weighted by atomic mass is 16.6. The molecule has 1 fully saturated rings. The molecule has 0 aliphatic carbocycles. The zero-order valence-corrected chi connectivity index (χ0v) is 12.2. The number of nitrogens with zero attached hydrogens (tertiary/aromatic N) is 4. The molecule has 0 unspecified atom stereocenters. The van der Waals surface area contributed by atoms with Crippen molar-refractivity contribution in [3.8, 4) is 11.6 Å². The van der Waals surface area contributed by atoms with E-state index in [1.807, 2.05) is 13.0 Å². The molecule has 3 rings (SSSR count). The summed E-state index contributed by atoms with van der Waals surface area (Å²) in [4.78, 5) is 13.1. The fourth-order valence-electron chi connectivity index (χ4n) is 2.03. The number of amides is 1. The van der Waals surface area contributed by atoms with Gasteiger partial charge in [-0.05, 0) is 24.3 Å². The SMILES string of the molecule is Cc1ccc(-c2nnn(CC(=O)NC[C@@H]3COCCO3)n2)o1. The number of carbonyl (C=O) groups excluding carboxylic acids is 1. The molecule has 1 atom stereocenters. The molecule has 1 N–H and O–H groups in total. The second-order valence-corrected chi connectivity index (χ2v) is 4.93. The molecule has 2 aromatic heterocycles. The molecule has 2 aromatic rings. The Balaban J connectivity index is 1.50. The summed E-state index contributed by atoms with van der Waals surface area (Å²) in [7, 11) is 0. The average Bonchev–Trinajstić information content (AvgIpc) is 3.15. The first-order valence-corrected chi connectivity index (χ1v) is 7.01. The monoisotopic (exact) mass is 307 g/mol. The molecular formula is C13H17N5O4. The van der Waals surface area contributed by atoms with E-state index >= 15 is 0 Å². The molecule has 118 valence electrons. The first kappa shape index (κ1) is 14.7. The number of furan rings is 1. The highest BCUT2D eigenvalue weighted by Gasteiger charge is 2.16. The van der Waals surface area contributed by atoms with E-state index in [2.05, 4.69) is 20.7 Å². The van der Waals surface area contributed by atoms with Crippen molar-refractivity contribution in [1.82, 2.24) is 25.5 Å². The molecule has 1 saturated heterocycles. The molecule has 9 nitrogen and oxygen atoms in total. The average molecular weight is 307 g/mol. The zero-order chi connectivity index (χ0) is 15.4. The van der Waals surface area contributed by atoms with Crippen LogP contribution in [0, 0.1) is 6.92 Å². The summed E-state index contributed by atoms with van der Waals surface area (Å²) in [5.74, 6) is 1.43. The predicted molar refractivity (Wildman–Crippen MR) is 73.8 cm³/mol. The van der Waals surface area contributed by atoms with Gasteiger partial charge in [0, 0.05) is 6.54 Å². The normalized spacial score (nSPS) is 18.3. The Labute approximate surface area is 126 Å². The third-order valence-corrected chi connectivity index (χ3v) is 3.11. The maximum atomic E-state index is 11.8. The van der Waals surface area contributed by atoms with Crippen molar-refractivity contribution in [3.63, 3.8) is 0 Å². The van der Waals surface area contributed by atoms with Crippen LogP contribution in [0.15, 0.2) is 16.5 Å². The Morgan fingerprint density at radius 2 is 2.36 bits per heavy atom. The second-order valence-electron chi connectivity index (χ2n) is 4.93. The van der Waals surface area contributed by atoms with Crippen molar-refractivity contribution in [2.45, 2.75) is 19.6 Å². The van der Waals surface area contributed by atoms with Crippen LogP contribution in [0.25, 0.3) is 11.6 Å². The number of hydrogen-bond donors (Lipinski definition) is 1. The van der Waals surface area contributed by atoms with E-state index in [1.54, 1.807) is 6.07 Å². The molecule has 22 heavy (non-hydrogen) atoms. The molecule has 1 amide bonds. The molecule has 9 heteroatoms. The molecule has 3 heterocycles. The largest absolute Gasteiger partial charge is 0.458 e. The van der Waals surface area contributed by atoms with Crippen molar-refractivity contribution < 1.29 is 18.7 Å². The Kier molecular flexibility index (Phi) is 4.45. The van der Waals surface area contributed by atoms with Crippen molar-refractivity contribution in [3.05, 3.63) is 17.9 Å². The van der Waals surface area contributed by atoms with Crippen molar-refractivity contribution in [2.75, 3.05) is 26.4 Å². The van der Waals surface area contributed by atoms with Crippen LogP contribution in [0.3, 0.4) is 0 Å². The van der Waals surface area contributed by atoms with E-state index in [1.165, 1.54) is 4.80 Å². The summed E-state index contributed by atoms with van der Waals surface area (Å²) in [5, 5.41) is 14.6. The summed E-state index contributed by atoms with van der Waals surface area (Å²) in [6, 6.07) is 3.58. The molecule has 0 radical (unpaired) electrons. The van der Waals surface area contributed by atoms with Gasteiger partial charge in [-0.3, -0.25) is 4.79 Å². The first-order chi connectivity index (χ1) is 10.7. The van der Waals surface area contributed by atoms with Crippen LogP contribution >= 0.6 is 0 Å². The van der Waals surface area contributed by atoms with Crippen LogP contribution in [0.5, 0.6) is 0 Å². The number of hydrogen-bond acceptors (Lipinski definition) is 7. The summed E-state index contributed by atoms with van der Waals surface area (Å²) >= 11 is 0. The minimum absolute atomic E-state index is 0.0136. The maximum Gasteiger partial charge on any atom is 0.243 e. The summed E-state index contributed by atoms with van der Waals surface area (Å²) in [6.45, 7) is 3.86. The van der Waals surface area contributed by atoms with Crippen LogP contribution in [0.1, 0.15) is 5.76 Å². The third-order valence-electron chi connectivity index (χ3n) is 3.11. The lowest BCUT2D eigenvalue weighted by atomic mass is 10.3. The van der Waals surface area contributed by atoms with Gasteiger partial charge >= 0.3 is 0 Å². The molecule has 0 bridgehead atoms. The number of ether oxygens (including phenoxy) is 2. The van der Waals surface area contributed by atoms with E-state index in [0.717, 1.165) is 5.76 Å². The van der Waals surface area contributed by atoms with E-state index in [0.29, 0.717) is 38.0 Å². The van der Waals surface area contributed by atoms with Crippen LogP contribution in [0.2, 0.25) is 0 Å². The summed E-state index contributed by atoms with van der Waals surface area (Å²) in [5.41, 5.74) is 0. The minimum atomic E-state index is -0.214. The van der Waals surface area contributed by atoms with Gasteiger partial charge in [0.1, 0.15) is 12.3 Å². The van der Waals surface area contributed by atoms with E-state index in [9.17, 15) is 4.79 Å². The predicted octanol–water partition coefficient (Wildman–Crippen LogP) is -0.227. The Hall–Kier alpha value is -2.26. The second kappa shape index (κ2) is 6.67. The lowest BCUT2D eigenvalue weighted by Gasteiger charge is -2.22. The van der Waals surface area contributed by atoms with Crippen LogP contribution in [-0.4, -0.2) is 58.6 Å². The van der Waals surface area contributed by atoms with Gasteiger partial charge in [-0.2, -0.15) is 4.80 Å². The van der Waals surface area contributed by atoms with Crippen LogP contribution in [-0.2, 0) is 20.8 Å². The number of tetrazole rings is 1. The van der Waals surface area contributed by atoms with E-state index in [-0.39, 0.29) is 18.6 Å². The van der Waals surface area contributed by atoms with Crippen molar-refractivity contribution in [2.24, 2.45) is 0 Å². The standard InChI is InChI=1S/C13H17N5O4/c1-9-2-3-11(22-9)13-15-17-18(16-13)7-12(19)14-6-10-8-20-4-5-21-10/h2-3,10H,4-8H2,1H3,(H,14,19)/t10-/m1/s1. The van der Waals surface area contributed by atoms with Gasteiger partial charge < -0.3 is 19.2 Å². The maximum absolute atomic E-state index is 11.8. The number of aromatic nitrogens is 4. The lowest BCUT2D eigenvalue weighted by Crippen LogP contribution is -2.40. The molecular weight excluding hydrogens is 290 g/mol. The van der Waals surface area contributed by atoms with Gasteiger partial charge in [0.05, 0.1) is 25.9 Å². The van der Waals surface area contributed by atoms with Crippen LogP contribution < -0.4 is 5.32 Å². The lowest BCUT2D eigenvalue weighted by molar-refractivity contribution is -0.124. The first-order valence-electron chi connectivity index (χ1n) is 7.01. The quantitative estimate of drug-likeness (QED) is 0.813. The fraction of sp³-hybridized carbons (Fsp3) is 0.538. The molecule has 0 aromatic carbocycles. The summed E-state index contributed by atoms with van der Waals surface area (Å²) < 4.78 is 16.1.